The summed E-state index contributed by atoms with van der Waals surface area (Å²) in [6, 6.07) is 4.46. The van der Waals surface area contributed by atoms with Crippen molar-refractivity contribution in [2.45, 2.75) is 19.9 Å². The monoisotopic (exact) mass is 276 g/mol. The third-order valence-corrected chi connectivity index (χ3v) is 2.80. The Morgan fingerprint density at radius 2 is 2.30 bits per heavy atom. The van der Waals surface area contributed by atoms with Crippen molar-refractivity contribution in [3.63, 3.8) is 0 Å². The average molecular weight is 276 g/mol. The van der Waals surface area contributed by atoms with Crippen LogP contribution in [0.5, 0.6) is 0 Å². The lowest BCUT2D eigenvalue weighted by Crippen LogP contribution is -2.24. The molecule has 1 heterocycles. The van der Waals surface area contributed by atoms with Gasteiger partial charge in [-0.25, -0.2) is 9.37 Å². The van der Waals surface area contributed by atoms with Crippen LogP contribution >= 0.6 is 0 Å². The molecule has 106 valence electrons. The minimum Gasteiger partial charge on any atom is -0.382 e. The molecule has 1 aromatic heterocycles. The number of halogens is 1. The second-order valence-electron chi connectivity index (χ2n) is 4.35. The van der Waals surface area contributed by atoms with Gasteiger partial charge in [-0.1, -0.05) is 13.0 Å². The van der Waals surface area contributed by atoms with Gasteiger partial charge in [-0.3, -0.25) is 4.79 Å². The Morgan fingerprint density at radius 1 is 1.45 bits per heavy atom. The fourth-order valence-electron chi connectivity index (χ4n) is 1.80. The van der Waals surface area contributed by atoms with Gasteiger partial charge in [-0.05, 0) is 18.6 Å². The molecule has 0 saturated carbocycles. The lowest BCUT2D eigenvalue weighted by Gasteiger charge is -2.12. The molecule has 0 aliphatic rings. The summed E-state index contributed by atoms with van der Waals surface area (Å²) in [7, 11) is 0. The number of amides is 1. The van der Waals surface area contributed by atoms with Gasteiger partial charge in [0, 0.05) is 12.7 Å². The molecular formula is C14H17FN4O. The summed E-state index contributed by atoms with van der Waals surface area (Å²) in [5, 5.41) is 5.68. The van der Waals surface area contributed by atoms with Crippen molar-refractivity contribution in [3.8, 4) is 0 Å². The number of anilines is 1. The van der Waals surface area contributed by atoms with Crippen molar-refractivity contribution < 1.29 is 9.18 Å². The second kappa shape index (κ2) is 6.70. The number of H-pyrrole nitrogens is 1. The summed E-state index contributed by atoms with van der Waals surface area (Å²) in [5.41, 5.74) is 1.34. The molecule has 0 atom stereocenters. The molecule has 0 bridgehead atoms. The van der Waals surface area contributed by atoms with E-state index in [1.807, 2.05) is 6.92 Å². The first kappa shape index (κ1) is 14.0. The maximum Gasteiger partial charge on any atom is 0.253 e. The van der Waals surface area contributed by atoms with Crippen molar-refractivity contribution in [1.29, 1.82) is 0 Å². The topological polar surface area (TPSA) is 69.8 Å². The zero-order valence-electron chi connectivity index (χ0n) is 11.2. The van der Waals surface area contributed by atoms with Gasteiger partial charge in [0.05, 0.1) is 29.8 Å². The van der Waals surface area contributed by atoms with Gasteiger partial charge < -0.3 is 15.6 Å². The Kier molecular flexibility index (Phi) is 4.70. The fraction of sp³-hybridized carbons (Fsp3) is 0.286. The molecule has 0 saturated heterocycles. The molecule has 1 aromatic carbocycles. The van der Waals surface area contributed by atoms with Crippen molar-refractivity contribution in [2.24, 2.45) is 0 Å². The number of hydrogen-bond donors (Lipinski definition) is 3. The number of nitrogens with one attached hydrogen (secondary N) is 3. The van der Waals surface area contributed by atoms with Crippen LogP contribution in [0.4, 0.5) is 10.1 Å². The van der Waals surface area contributed by atoms with E-state index >= 15 is 0 Å². The van der Waals surface area contributed by atoms with Crippen LogP contribution in [0, 0.1) is 5.82 Å². The number of para-hydroxylation sites is 1. The van der Waals surface area contributed by atoms with E-state index in [0.717, 1.165) is 12.1 Å². The molecule has 6 heteroatoms. The van der Waals surface area contributed by atoms with Gasteiger partial charge in [-0.2, -0.15) is 0 Å². The molecule has 1 amide bonds. The maximum atomic E-state index is 13.8. The van der Waals surface area contributed by atoms with Crippen LogP contribution in [0.25, 0.3) is 0 Å². The fourth-order valence-corrected chi connectivity index (χ4v) is 1.80. The van der Waals surface area contributed by atoms with Crippen LogP contribution in [0.2, 0.25) is 0 Å². The van der Waals surface area contributed by atoms with Gasteiger partial charge in [0.25, 0.3) is 5.91 Å². The third kappa shape index (κ3) is 3.34. The predicted molar refractivity (Wildman–Crippen MR) is 74.9 cm³/mol. The molecular weight excluding hydrogens is 259 g/mol. The minimum absolute atomic E-state index is 0.247. The first-order chi connectivity index (χ1) is 9.72. The van der Waals surface area contributed by atoms with Gasteiger partial charge in [-0.15, -0.1) is 0 Å². The first-order valence-corrected chi connectivity index (χ1v) is 6.50. The summed E-state index contributed by atoms with van der Waals surface area (Å²) in [6.07, 6.45) is 4.02. The number of hydrogen-bond acceptors (Lipinski definition) is 3. The number of carbonyl (C=O) groups excluding carboxylic acids is 1. The van der Waals surface area contributed by atoms with Crippen LogP contribution in [-0.2, 0) is 6.54 Å². The van der Waals surface area contributed by atoms with E-state index in [2.05, 4.69) is 20.6 Å². The summed E-state index contributed by atoms with van der Waals surface area (Å²) in [6.45, 7) is 2.91. The summed E-state index contributed by atoms with van der Waals surface area (Å²) in [4.78, 5) is 18.9. The molecule has 0 radical (unpaired) electrons. The molecule has 2 rings (SSSR count). The van der Waals surface area contributed by atoms with Gasteiger partial charge in [0.1, 0.15) is 5.82 Å². The molecule has 0 aliphatic heterocycles. The molecule has 2 aromatic rings. The number of aromatic amines is 1. The highest BCUT2D eigenvalue weighted by Crippen LogP contribution is 2.19. The molecule has 0 fully saturated rings. The highest BCUT2D eigenvalue weighted by atomic mass is 19.1. The van der Waals surface area contributed by atoms with Crippen molar-refractivity contribution in [2.75, 3.05) is 11.9 Å². The normalized spacial score (nSPS) is 10.3. The van der Waals surface area contributed by atoms with Crippen LogP contribution in [0.15, 0.2) is 30.7 Å². The predicted octanol–water partition coefficient (Wildman–Crippen LogP) is 2.30. The van der Waals surface area contributed by atoms with E-state index in [1.54, 1.807) is 12.3 Å². The lowest BCUT2D eigenvalue weighted by atomic mass is 10.1. The zero-order chi connectivity index (χ0) is 14.4. The largest absolute Gasteiger partial charge is 0.382 e. The maximum absolute atomic E-state index is 13.8. The Labute approximate surface area is 116 Å². The third-order valence-electron chi connectivity index (χ3n) is 2.80. The van der Waals surface area contributed by atoms with Gasteiger partial charge in [0.2, 0.25) is 0 Å². The molecule has 3 N–H and O–H groups in total. The standard InChI is InChI=1S/C14H17FN4O/c1-2-6-17-13-11(4-3-5-12(13)15)14(20)18-8-10-7-16-9-19-10/h3-5,7,9,17H,2,6,8H2,1H3,(H,16,19)(H,18,20). The second-order valence-corrected chi connectivity index (χ2v) is 4.35. The first-order valence-electron chi connectivity index (χ1n) is 6.50. The van der Waals surface area contributed by atoms with Crippen LogP contribution in [-0.4, -0.2) is 22.4 Å². The van der Waals surface area contributed by atoms with Crippen LogP contribution in [0.1, 0.15) is 29.4 Å². The number of rotatable bonds is 6. The Bertz CT molecular complexity index is 569. The van der Waals surface area contributed by atoms with Gasteiger partial charge in [0.15, 0.2) is 0 Å². The Morgan fingerprint density at radius 3 is 3.00 bits per heavy atom. The van der Waals surface area contributed by atoms with Crippen molar-refractivity contribution >= 4 is 11.6 Å². The smallest absolute Gasteiger partial charge is 0.253 e. The van der Waals surface area contributed by atoms with E-state index in [9.17, 15) is 9.18 Å². The summed E-state index contributed by atoms with van der Waals surface area (Å²) in [5.74, 6) is -0.745. The summed E-state index contributed by atoms with van der Waals surface area (Å²) >= 11 is 0. The number of nitrogens with zero attached hydrogens (tertiary/aromatic N) is 1. The van der Waals surface area contributed by atoms with E-state index in [1.165, 1.54) is 18.5 Å². The van der Waals surface area contributed by atoms with E-state index in [-0.39, 0.29) is 11.6 Å². The SMILES string of the molecule is CCCNc1c(F)cccc1C(=O)NCc1cnc[nH]1. The molecule has 0 spiro atoms. The Balaban J connectivity index is 2.10. The summed E-state index contributed by atoms with van der Waals surface area (Å²) < 4.78 is 13.8. The number of benzene rings is 1. The molecule has 0 unspecified atom stereocenters. The zero-order valence-corrected chi connectivity index (χ0v) is 11.2. The lowest BCUT2D eigenvalue weighted by molar-refractivity contribution is 0.0951. The van der Waals surface area contributed by atoms with Crippen molar-refractivity contribution in [1.82, 2.24) is 15.3 Å². The van der Waals surface area contributed by atoms with Crippen LogP contribution < -0.4 is 10.6 Å². The van der Waals surface area contributed by atoms with Crippen molar-refractivity contribution in [3.05, 3.63) is 47.8 Å². The average Bonchev–Trinajstić information content (AvgIpc) is 2.96. The van der Waals surface area contributed by atoms with E-state index < -0.39 is 5.82 Å². The van der Waals surface area contributed by atoms with Crippen LogP contribution in [0.3, 0.4) is 0 Å². The van der Waals surface area contributed by atoms with Gasteiger partial charge >= 0.3 is 0 Å². The number of aromatic nitrogens is 2. The van der Waals surface area contributed by atoms with E-state index in [0.29, 0.717) is 18.7 Å². The quantitative estimate of drug-likeness (QED) is 0.758. The highest BCUT2D eigenvalue weighted by molar-refractivity contribution is 5.99. The van der Waals surface area contributed by atoms with E-state index in [4.69, 9.17) is 0 Å². The minimum atomic E-state index is -0.423. The number of imidazole rings is 1. The molecule has 0 aliphatic carbocycles. The highest BCUT2D eigenvalue weighted by Gasteiger charge is 2.14. The molecule has 5 nitrogen and oxygen atoms in total. The Hall–Kier alpha value is -2.37. The molecule has 20 heavy (non-hydrogen) atoms. The number of carbonyl (C=O) groups is 1.